The summed E-state index contributed by atoms with van der Waals surface area (Å²) in [4.78, 5) is 0. The molecule has 0 spiro atoms. The Kier molecular flexibility index (Phi) is 15.7. The van der Waals surface area contributed by atoms with Gasteiger partial charge in [0, 0.05) is 0 Å². The van der Waals surface area contributed by atoms with Crippen molar-refractivity contribution in [2.75, 3.05) is 0 Å². The van der Waals surface area contributed by atoms with Gasteiger partial charge in [-0.1, -0.05) is 7.43 Å². The van der Waals surface area contributed by atoms with E-state index in [-0.39, 0.29) is 32.2 Å². The molecule has 0 N–H and O–H groups in total. The van der Waals surface area contributed by atoms with Gasteiger partial charge in [-0.05, 0) is 0 Å². The summed E-state index contributed by atoms with van der Waals surface area (Å²) >= 11 is 2.54. The Morgan fingerprint density at radius 2 is 1.89 bits per heavy atom. The van der Waals surface area contributed by atoms with E-state index in [1.54, 1.807) is 0 Å². The van der Waals surface area contributed by atoms with Crippen LogP contribution in [0.5, 0.6) is 0 Å². The first-order chi connectivity index (χ1) is 2.89. The maximum atomic E-state index is 2.54. The molecular weight excluding hydrogens is 194 g/mol. The predicted molar refractivity (Wildman–Crippen MR) is 43.1 cm³/mol. The number of rotatable bonds is 0. The van der Waals surface area contributed by atoms with Gasteiger partial charge in [0.15, 0.2) is 0 Å². The van der Waals surface area contributed by atoms with Crippen molar-refractivity contribution in [2.45, 2.75) is 13.8 Å². The van der Waals surface area contributed by atoms with Gasteiger partial charge in [-0.3, -0.25) is 0 Å². The van der Waals surface area contributed by atoms with E-state index >= 15 is 0 Å². The molecule has 3 heteroatoms. The fraction of sp³-hybridized carbons (Fsp3) is 0.333. The molecule has 0 atom stereocenters. The van der Waals surface area contributed by atoms with Crippen LogP contribution >= 0.6 is 24.8 Å². The normalized spacial score (nSPS) is 12.2. The van der Waals surface area contributed by atoms with Crippen LogP contribution in [0.25, 0.3) is 0 Å². The van der Waals surface area contributed by atoms with E-state index in [9.17, 15) is 0 Å². The van der Waals surface area contributed by atoms with Crippen LogP contribution in [0.3, 0.4) is 0 Å². The molecule has 0 nitrogen and oxygen atoms in total. The summed E-state index contributed by atoms with van der Waals surface area (Å²) in [5.74, 6) is 0. The van der Waals surface area contributed by atoms with Crippen molar-refractivity contribution in [1.29, 1.82) is 0 Å². The van der Waals surface area contributed by atoms with Crippen molar-refractivity contribution < 1.29 is 17.4 Å². The van der Waals surface area contributed by atoms with Crippen molar-refractivity contribution in [2.24, 2.45) is 0 Å². The van der Waals surface area contributed by atoms with Crippen LogP contribution in [0.15, 0.2) is 22.5 Å². The van der Waals surface area contributed by atoms with Crippen LogP contribution in [-0.4, -0.2) is 0 Å². The molecule has 0 fully saturated rings. The maximum absolute atomic E-state index is 2.54. The van der Waals surface area contributed by atoms with Crippen LogP contribution < -0.4 is 0 Å². The van der Waals surface area contributed by atoms with Crippen LogP contribution in [-0.2, 0) is 17.4 Å². The number of hydrogen-bond donors (Lipinski definition) is 0. The summed E-state index contributed by atoms with van der Waals surface area (Å²) in [5, 5.41) is 0. The van der Waals surface area contributed by atoms with E-state index in [1.807, 2.05) is 0 Å². The van der Waals surface area contributed by atoms with Crippen LogP contribution in [0.2, 0.25) is 0 Å². The average molecular weight is 205 g/mol. The second kappa shape index (κ2) is 8.64. The van der Waals surface area contributed by atoms with Gasteiger partial charge in [-0.2, -0.15) is 0 Å². The van der Waals surface area contributed by atoms with Crippen molar-refractivity contribution in [3.63, 3.8) is 0 Å². The van der Waals surface area contributed by atoms with E-state index < -0.39 is 0 Å². The van der Waals surface area contributed by atoms with Crippen LogP contribution in [0.1, 0.15) is 13.8 Å². The molecule has 0 bridgehead atoms. The average Bonchev–Trinajstić information content (AvgIpc) is 1.86. The van der Waals surface area contributed by atoms with Gasteiger partial charge in [0.2, 0.25) is 0 Å². The van der Waals surface area contributed by atoms with E-state index in [2.05, 4.69) is 35.7 Å². The Morgan fingerprint density at radius 1 is 1.33 bits per heavy atom. The fourth-order valence-corrected chi connectivity index (χ4v) is 0.735. The SMILES string of the molecule is C.Cl.Cl.[V][C]1=CC=CC1. The molecule has 0 aromatic heterocycles. The Hall–Kier alpha value is 0.644. The van der Waals surface area contributed by atoms with E-state index in [4.69, 9.17) is 0 Å². The zero-order valence-electron chi connectivity index (χ0n) is 4.20. The first-order valence-corrected chi connectivity index (χ1v) is 2.64. The van der Waals surface area contributed by atoms with Crippen LogP contribution in [0, 0.1) is 0 Å². The Labute approximate surface area is 78.6 Å². The second-order valence-corrected chi connectivity index (χ2v) is 2.19. The summed E-state index contributed by atoms with van der Waals surface area (Å²) in [6, 6.07) is 0. The van der Waals surface area contributed by atoms with Crippen molar-refractivity contribution in [1.82, 2.24) is 0 Å². The Balaban J connectivity index is -0.000000120. The quantitative estimate of drug-likeness (QED) is 0.570. The third kappa shape index (κ3) is 6.53. The predicted octanol–water partition coefficient (Wildman–Crippen LogP) is 2.86. The van der Waals surface area contributed by atoms with Crippen molar-refractivity contribution in [3.05, 3.63) is 22.5 Å². The Bertz CT molecular complexity index is 108. The summed E-state index contributed by atoms with van der Waals surface area (Å²) in [5.41, 5.74) is 0. The minimum atomic E-state index is 0. The molecule has 0 saturated heterocycles. The molecule has 0 aromatic carbocycles. The van der Waals surface area contributed by atoms with Gasteiger partial charge in [0.05, 0.1) is 0 Å². The van der Waals surface area contributed by atoms with Crippen LogP contribution in [0.4, 0.5) is 0 Å². The number of halogens is 2. The molecule has 1 rings (SSSR count). The molecular formula is C6H11Cl2V. The van der Waals surface area contributed by atoms with Gasteiger partial charge in [0.1, 0.15) is 0 Å². The molecule has 0 heterocycles. The molecule has 0 unspecified atom stereocenters. The van der Waals surface area contributed by atoms with Crippen molar-refractivity contribution in [3.8, 4) is 0 Å². The second-order valence-electron chi connectivity index (χ2n) is 1.29. The molecule has 0 aromatic rings. The fourth-order valence-electron chi connectivity index (χ4n) is 0.436. The minimum absolute atomic E-state index is 0. The topological polar surface area (TPSA) is 0 Å². The third-order valence-electron chi connectivity index (χ3n) is 0.752. The molecule has 0 saturated carbocycles. The zero-order chi connectivity index (χ0) is 4.41. The van der Waals surface area contributed by atoms with Gasteiger partial charge >= 0.3 is 46.4 Å². The number of allylic oxidation sites excluding steroid dienone is 4. The van der Waals surface area contributed by atoms with Crippen molar-refractivity contribution >= 4 is 24.8 Å². The summed E-state index contributed by atoms with van der Waals surface area (Å²) in [6.45, 7) is 0. The first kappa shape index (κ1) is 16.3. The van der Waals surface area contributed by atoms with E-state index in [1.165, 1.54) is 4.28 Å². The molecule has 9 heavy (non-hydrogen) atoms. The first-order valence-electron chi connectivity index (χ1n) is 1.94. The summed E-state index contributed by atoms with van der Waals surface area (Å²) in [6.07, 6.45) is 7.47. The number of hydrogen-bond acceptors (Lipinski definition) is 0. The monoisotopic (exact) mass is 204 g/mol. The molecule has 0 amide bonds. The van der Waals surface area contributed by atoms with Gasteiger partial charge < -0.3 is 0 Å². The Morgan fingerprint density at radius 3 is 2.00 bits per heavy atom. The molecule has 1 aliphatic rings. The molecule has 0 aliphatic heterocycles. The van der Waals surface area contributed by atoms with E-state index in [0.717, 1.165) is 6.42 Å². The zero-order valence-corrected chi connectivity index (χ0v) is 7.23. The van der Waals surface area contributed by atoms with Gasteiger partial charge in [-0.15, -0.1) is 24.8 Å². The summed E-state index contributed by atoms with van der Waals surface area (Å²) in [7, 11) is 0. The van der Waals surface area contributed by atoms with Gasteiger partial charge in [-0.25, -0.2) is 0 Å². The molecule has 54 valence electrons. The third-order valence-corrected chi connectivity index (χ3v) is 1.27. The molecule has 1 aliphatic carbocycles. The van der Waals surface area contributed by atoms with E-state index in [0.29, 0.717) is 0 Å². The molecule has 0 radical (unpaired) electrons. The standard InChI is InChI=1S/C5H5.CH4.2ClH.V/c1-2-4-5-3-1;;;;/h1-3H,4H2;1H4;2*1H;. The van der Waals surface area contributed by atoms with Gasteiger partial charge in [0.25, 0.3) is 0 Å². The summed E-state index contributed by atoms with van der Waals surface area (Å²) < 4.78 is 1.41.